The third-order valence-corrected chi connectivity index (χ3v) is 3.11. The highest BCUT2D eigenvalue weighted by atomic mass is 15.0. The van der Waals surface area contributed by atoms with Crippen LogP contribution in [0.2, 0.25) is 0 Å². The average molecular weight is 214 g/mol. The molecule has 0 saturated heterocycles. The number of para-hydroxylation sites is 1. The van der Waals surface area contributed by atoms with Gasteiger partial charge in [-0.3, -0.25) is 0 Å². The van der Waals surface area contributed by atoms with Crippen LogP contribution in [0.4, 0.5) is 0 Å². The van der Waals surface area contributed by atoms with E-state index in [1.54, 1.807) is 0 Å². The molecule has 2 N–H and O–H groups in total. The van der Waals surface area contributed by atoms with Crippen LogP contribution in [0, 0.1) is 20.8 Å². The van der Waals surface area contributed by atoms with E-state index in [4.69, 9.17) is 5.73 Å². The van der Waals surface area contributed by atoms with E-state index in [1.165, 1.54) is 28.2 Å². The molecule has 1 heterocycles. The van der Waals surface area contributed by atoms with Crippen molar-refractivity contribution < 1.29 is 0 Å². The number of hydrogen-bond donors (Lipinski definition) is 1. The molecule has 0 fully saturated rings. The van der Waals surface area contributed by atoms with Crippen molar-refractivity contribution in [1.82, 2.24) is 4.57 Å². The van der Waals surface area contributed by atoms with Crippen LogP contribution in [-0.4, -0.2) is 4.57 Å². The van der Waals surface area contributed by atoms with Crippen LogP contribution in [-0.2, 0) is 6.54 Å². The molecule has 2 aromatic rings. The van der Waals surface area contributed by atoms with E-state index in [9.17, 15) is 0 Å². The van der Waals surface area contributed by atoms with Gasteiger partial charge in [0.05, 0.1) is 0 Å². The summed E-state index contributed by atoms with van der Waals surface area (Å²) in [6.07, 6.45) is 0. The van der Waals surface area contributed by atoms with E-state index in [0.717, 1.165) is 0 Å². The lowest BCUT2D eigenvalue weighted by atomic mass is 10.2. The summed E-state index contributed by atoms with van der Waals surface area (Å²) < 4.78 is 2.28. The molecule has 2 heteroatoms. The minimum absolute atomic E-state index is 0.603. The summed E-state index contributed by atoms with van der Waals surface area (Å²) in [5.74, 6) is 0. The Morgan fingerprint density at radius 2 is 1.81 bits per heavy atom. The van der Waals surface area contributed by atoms with E-state index in [-0.39, 0.29) is 0 Å². The highest BCUT2D eigenvalue weighted by molar-refractivity contribution is 5.45. The maximum absolute atomic E-state index is 5.74. The van der Waals surface area contributed by atoms with E-state index < -0.39 is 0 Å². The second-order valence-electron chi connectivity index (χ2n) is 4.22. The molecule has 84 valence electrons. The zero-order chi connectivity index (χ0) is 11.7. The molecule has 0 amide bonds. The zero-order valence-electron chi connectivity index (χ0n) is 10.1. The molecule has 0 saturated carbocycles. The van der Waals surface area contributed by atoms with Crippen molar-refractivity contribution >= 4 is 0 Å². The highest BCUT2D eigenvalue weighted by Gasteiger charge is 2.10. The van der Waals surface area contributed by atoms with Gasteiger partial charge in [0.1, 0.15) is 0 Å². The molecule has 0 spiro atoms. The molecule has 16 heavy (non-hydrogen) atoms. The first-order chi connectivity index (χ1) is 7.65. The Morgan fingerprint density at radius 1 is 1.12 bits per heavy atom. The fourth-order valence-corrected chi connectivity index (χ4v) is 2.22. The van der Waals surface area contributed by atoms with Crippen molar-refractivity contribution in [2.75, 3.05) is 0 Å². The molecule has 1 aromatic carbocycles. The average Bonchev–Trinajstić information content (AvgIpc) is 2.55. The first kappa shape index (κ1) is 11.0. The van der Waals surface area contributed by atoms with Crippen LogP contribution in [0.25, 0.3) is 5.69 Å². The number of aromatic nitrogens is 1. The first-order valence-electron chi connectivity index (χ1n) is 5.59. The van der Waals surface area contributed by atoms with Gasteiger partial charge in [-0.05, 0) is 44.0 Å². The summed E-state index contributed by atoms with van der Waals surface area (Å²) in [6, 6.07) is 10.6. The molecule has 0 aliphatic rings. The van der Waals surface area contributed by atoms with E-state index in [0.29, 0.717) is 6.54 Å². The van der Waals surface area contributed by atoms with Crippen molar-refractivity contribution in [2.45, 2.75) is 27.3 Å². The molecule has 0 radical (unpaired) electrons. The van der Waals surface area contributed by atoms with Gasteiger partial charge in [-0.25, -0.2) is 0 Å². The van der Waals surface area contributed by atoms with Crippen molar-refractivity contribution in [1.29, 1.82) is 0 Å². The number of rotatable bonds is 2. The van der Waals surface area contributed by atoms with Crippen LogP contribution in [0.1, 0.15) is 22.5 Å². The van der Waals surface area contributed by atoms with Gasteiger partial charge in [0.2, 0.25) is 0 Å². The lowest BCUT2D eigenvalue weighted by molar-refractivity contribution is 0.935. The fourth-order valence-electron chi connectivity index (χ4n) is 2.22. The lowest BCUT2D eigenvalue weighted by Crippen LogP contribution is -2.03. The van der Waals surface area contributed by atoms with Crippen LogP contribution < -0.4 is 5.73 Å². The number of nitrogens with zero attached hydrogens (tertiary/aromatic N) is 1. The predicted octanol–water partition coefficient (Wildman–Crippen LogP) is 2.86. The molecule has 0 aliphatic carbocycles. The van der Waals surface area contributed by atoms with E-state index in [2.05, 4.69) is 55.7 Å². The number of benzene rings is 1. The van der Waals surface area contributed by atoms with Crippen LogP contribution in [0.5, 0.6) is 0 Å². The van der Waals surface area contributed by atoms with Gasteiger partial charge in [0.25, 0.3) is 0 Å². The Bertz CT molecular complexity index is 509. The molecule has 0 atom stereocenters. The van der Waals surface area contributed by atoms with Gasteiger partial charge >= 0.3 is 0 Å². The molecular weight excluding hydrogens is 196 g/mol. The summed E-state index contributed by atoms with van der Waals surface area (Å²) in [6.45, 7) is 6.99. The first-order valence-corrected chi connectivity index (χ1v) is 5.59. The minimum Gasteiger partial charge on any atom is -0.326 e. The van der Waals surface area contributed by atoms with Crippen LogP contribution >= 0.6 is 0 Å². The van der Waals surface area contributed by atoms with Gasteiger partial charge < -0.3 is 10.3 Å². The number of nitrogens with two attached hydrogens (primary N) is 1. The minimum atomic E-state index is 0.603. The Balaban J connectivity index is 2.65. The van der Waals surface area contributed by atoms with E-state index >= 15 is 0 Å². The summed E-state index contributed by atoms with van der Waals surface area (Å²) in [7, 11) is 0. The van der Waals surface area contributed by atoms with Crippen molar-refractivity contribution in [3.05, 3.63) is 52.8 Å². The molecule has 0 aliphatic heterocycles. The molecule has 2 nitrogen and oxygen atoms in total. The second-order valence-corrected chi connectivity index (χ2v) is 4.22. The molecule has 0 bridgehead atoms. The summed E-state index contributed by atoms with van der Waals surface area (Å²) in [5.41, 5.74) is 12.0. The standard InChI is InChI=1S/C14H18N2/c1-10-6-4-5-7-14(10)16-11(2)8-13(9-15)12(16)3/h4-8H,9,15H2,1-3H3. The predicted molar refractivity (Wildman–Crippen MR) is 67.9 cm³/mol. The molecule has 0 unspecified atom stereocenters. The van der Waals surface area contributed by atoms with Crippen LogP contribution in [0.15, 0.2) is 30.3 Å². The van der Waals surface area contributed by atoms with Gasteiger partial charge in [-0.2, -0.15) is 0 Å². The Morgan fingerprint density at radius 3 is 2.38 bits per heavy atom. The Hall–Kier alpha value is -1.54. The number of hydrogen-bond acceptors (Lipinski definition) is 1. The molecular formula is C14H18N2. The topological polar surface area (TPSA) is 30.9 Å². The third-order valence-electron chi connectivity index (χ3n) is 3.11. The molecule has 1 aromatic heterocycles. The zero-order valence-corrected chi connectivity index (χ0v) is 10.1. The third kappa shape index (κ3) is 1.65. The highest BCUT2D eigenvalue weighted by Crippen LogP contribution is 2.22. The SMILES string of the molecule is Cc1ccccc1-n1c(C)cc(CN)c1C. The monoisotopic (exact) mass is 214 g/mol. The van der Waals surface area contributed by atoms with Gasteiger partial charge in [-0.1, -0.05) is 18.2 Å². The largest absolute Gasteiger partial charge is 0.326 e. The smallest absolute Gasteiger partial charge is 0.0484 e. The van der Waals surface area contributed by atoms with Crippen molar-refractivity contribution in [2.24, 2.45) is 5.73 Å². The fraction of sp³-hybridized carbons (Fsp3) is 0.286. The van der Waals surface area contributed by atoms with Crippen molar-refractivity contribution in [3.8, 4) is 5.69 Å². The number of aryl methyl sites for hydroxylation is 2. The maximum atomic E-state index is 5.74. The Kier molecular flexibility index (Phi) is 2.84. The van der Waals surface area contributed by atoms with Gasteiger partial charge in [0.15, 0.2) is 0 Å². The Labute approximate surface area is 96.7 Å². The lowest BCUT2D eigenvalue weighted by Gasteiger charge is -2.12. The quantitative estimate of drug-likeness (QED) is 0.818. The summed E-state index contributed by atoms with van der Waals surface area (Å²) in [5, 5.41) is 0. The van der Waals surface area contributed by atoms with Crippen LogP contribution in [0.3, 0.4) is 0 Å². The summed E-state index contributed by atoms with van der Waals surface area (Å²) in [4.78, 5) is 0. The van der Waals surface area contributed by atoms with Crippen molar-refractivity contribution in [3.63, 3.8) is 0 Å². The van der Waals surface area contributed by atoms with Gasteiger partial charge in [0, 0.05) is 23.6 Å². The normalized spacial score (nSPS) is 10.8. The maximum Gasteiger partial charge on any atom is 0.0484 e. The second kappa shape index (κ2) is 4.14. The molecule has 2 rings (SSSR count). The van der Waals surface area contributed by atoms with E-state index in [1.807, 2.05) is 0 Å². The van der Waals surface area contributed by atoms with Gasteiger partial charge in [-0.15, -0.1) is 0 Å². The summed E-state index contributed by atoms with van der Waals surface area (Å²) >= 11 is 0.